The molecule has 0 atom stereocenters. The van der Waals surface area contributed by atoms with Crippen molar-refractivity contribution in [3.05, 3.63) is 55.1 Å². The van der Waals surface area contributed by atoms with Crippen molar-refractivity contribution in [3.8, 4) is 16.9 Å². The third kappa shape index (κ3) is 1.95. The van der Waals surface area contributed by atoms with Crippen LogP contribution in [-0.4, -0.2) is 29.7 Å². The van der Waals surface area contributed by atoms with E-state index < -0.39 is 0 Å². The minimum atomic E-state index is -0.279. The molecule has 4 rings (SSSR count). The summed E-state index contributed by atoms with van der Waals surface area (Å²) in [7, 11) is 0. The highest BCUT2D eigenvalue weighted by atomic mass is 19.1. The molecule has 6 nitrogen and oxygen atoms in total. The Hall–Kier alpha value is -3.09. The normalized spacial score (nSPS) is 11.1. The van der Waals surface area contributed by atoms with Gasteiger partial charge in [0.2, 0.25) is 0 Å². The third-order valence-electron chi connectivity index (χ3n) is 3.16. The van der Waals surface area contributed by atoms with Crippen molar-refractivity contribution in [3.63, 3.8) is 0 Å². The SMILES string of the molecule is Fc1cccc(-c2cnn(-c3ncnc4nc[nH]c34)c2)c1. The molecule has 0 saturated heterocycles. The molecule has 1 N–H and O–H groups in total. The summed E-state index contributed by atoms with van der Waals surface area (Å²) in [6, 6.07) is 6.37. The Morgan fingerprint density at radius 2 is 2.05 bits per heavy atom. The van der Waals surface area contributed by atoms with E-state index in [1.165, 1.54) is 18.5 Å². The average molecular weight is 280 g/mol. The fraction of sp³-hybridized carbons (Fsp3) is 0. The van der Waals surface area contributed by atoms with E-state index >= 15 is 0 Å². The maximum absolute atomic E-state index is 13.3. The number of nitrogens with one attached hydrogen (secondary N) is 1. The fourth-order valence-electron chi connectivity index (χ4n) is 2.18. The molecule has 0 aliphatic rings. The summed E-state index contributed by atoms with van der Waals surface area (Å²) in [6.07, 6.45) is 6.44. The number of hydrogen-bond donors (Lipinski definition) is 1. The van der Waals surface area contributed by atoms with Gasteiger partial charge in [-0.3, -0.25) is 0 Å². The highest BCUT2D eigenvalue weighted by Gasteiger charge is 2.10. The Morgan fingerprint density at radius 1 is 1.10 bits per heavy atom. The molecule has 0 unspecified atom stereocenters. The Bertz CT molecular complexity index is 926. The molecule has 21 heavy (non-hydrogen) atoms. The predicted molar refractivity (Wildman–Crippen MR) is 74.2 cm³/mol. The van der Waals surface area contributed by atoms with Crippen LogP contribution in [0.5, 0.6) is 0 Å². The number of nitrogens with zero attached hydrogens (tertiary/aromatic N) is 5. The highest BCUT2D eigenvalue weighted by molar-refractivity contribution is 5.77. The van der Waals surface area contributed by atoms with Crippen LogP contribution in [0.2, 0.25) is 0 Å². The summed E-state index contributed by atoms with van der Waals surface area (Å²) < 4.78 is 14.9. The van der Waals surface area contributed by atoms with E-state index in [1.54, 1.807) is 29.5 Å². The number of rotatable bonds is 2. The van der Waals surface area contributed by atoms with Gasteiger partial charge in [0.15, 0.2) is 11.5 Å². The molecular formula is C14H9FN6. The van der Waals surface area contributed by atoms with Gasteiger partial charge in [-0.2, -0.15) is 5.10 Å². The first-order valence-electron chi connectivity index (χ1n) is 6.26. The number of aromatic nitrogens is 6. The van der Waals surface area contributed by atoms with Crippen LogP contribution >= 0.6 is 0 Å². The van der Waals surface area contributed by atoms with E-state index in [1.807, 2.05) is 6.07 Å². The molecule has 0 amide bonds. The number of imidazole rings is 1. The molecule has 0 spiro atoms. The molecular weight excluding hydrogens is 271 g/mol. The minimum Gasteiger partial charge on any atom is -0.340 e. The number of aromatic amines is 1. The van der Waals surface area contributed by atoms with E-state index in [0.717, 1.165) is 11.1 Å². The monoisotopic (exact) mass is 280 g/mol. The van der Waals surface area contributed by atoms with Crippen molar-refractivity contribution in [2.24, 2.45) is 0 Å². The topological polar surface area (TPSA) is 72.3 Å². The van der Waals surface area contributed by atoms with Crippen LogP contribution in [0, 0.1) is 5.82 Å². The maximum atomic E-state index is 13.3. The first-order chi connectivity index (χ1) is 10.3. The summed E-state index contributed by atoms with van der Waals surface area (Å²) >= 11 is 0. The smallest absolute Gasteiger partial charge is 0.182 e. The molecule has 0 aliphatic heterocycles. The lowest BCUT2D eigenvalue weighted by molar-refractivity contribution is 0.628. The first-order valence-corrected chi connectivity index (χ1v) is 6.26. The lowest BCUT2D eigenvalue weighted by Gasteiger charge is -2.00. The maximum Gasteiger partial charge on any atom is 0.182 e. The van der Waals surface area contributed by atoms with Gasteiger partial charge in [-0.05, 0) is 17.7 Å². The van der Waals surface area contributed by atoms with Crippen molar-refractivity contribution in [1.29, 1.82) is 0 Å². The second-order valence-corrected chi connectivity index (χ2v) is 4.48. The van der Waals surface area contributed by atoms with Gasteiger partial charge in [-0.15, -0.1) is 0 Å². The third-order valence-corrected chi connectivity index (χ3v) is 3.16. The average Bonchev–Trinajstić information content (AvgIpc) is 3.16. The molecule has 0 saturated carbocycles. The van der Waals surface area contributed by atoms with Gasteiger partial charge < -0.3 is 4.98 Å². The van der Waals surface area contributed by atoms with Gasteiger partial charge >= 0.3 is 0 Å². The van der Waals surface area contributed by atoms with Crippen molar-refractivity contribution >= 4 is 11.2 Å². The Kier molecular flexibility index (Phi) is 2.50. The Morgan fingerprint density at radius 3 is 2.95 bits per heavy atom. The molecule has 4 aromatic rings. The summed E-state index contributed by atoms with van der Waals surface area (Å²) in [5, 5.41) is 4.28. The lowest BCUT2D eigenvalue weighted by Crippen LogP contribution is -1.99. The standard InChI is InChI=1S/C14H9FN6/c15-11-3-1-2-9(4-11)10-5-20-21(6-10)14-12-13(17-7-16-12)18-8-19-14/h1-8H,(H,16,17,18,19). The predicted octanol–water partition coefficient (Wildman–Crippen LogP) is 2.34. The number of hydrogen-bond acceptors (Lipinski definition) is 4. The van der Waals surface area contributed by atoms with Crippen LogP contribution in [0.3, 0.4) is 0 Å². The molecule has 1 aromatic carbocycles. The van der Waals surface area contributed by atoms with Gasteiger partial charge in [0.05, 0.1) is 12.5 Å². The number of benzene rings is 1. The van der Waals surface area contributed by atoms with Gasteiger partial charge in [-0.25, -0.2) is 24.0 Å². The zero-order valence-corrected chi connectivity index (χ0v) is 10.7. The van der Waals surface area contributed by atoms with Crippen molar-refractivity contribution in [2.75, 3.05) is 0 Å². The quantitative estimate of drug-likeness (QED) is 0.611. The van der Waals surface area contributed by atoms with E-state index in [2.05, 4.69) is 25.0 Å². The second-order valence-electron chi connectivity index (χ2n) is 4.48. The van der Waals surface area contributed by atoms with Crippen LogP contribution in [-0.2, 0) is 0 Å². The van der Waals surface area contributed by atoms with Crippen LogP contribution in [0.4, 0.5) is 4.39 Å². The number of halogens is 1. The van der Waals surface area contributed by atoms with Crippen LogP contribution in [0.1, 0.15) is 0 Å². The van der Waals surface area contributed by atoms with Crippen LogP contribution in [0.15, 0.2) is 49.3 Å². The van der Waals surface area contributed by atoms with E-state index in [0.29, 0.717) is 17.0 Å². The zero-order chi connectivity index (χ0) is 14.2. The Labute approximate surface area is 118 Å². The van der Waals surface area contributed by atoms with Gasteiger partial charge in [0, 0.05) is 11.8 Å². The van der Waals surface area contributed by atoms with Crippen molar-refractivity contribution in [1.82, 2.24) is 29.7 Å². The molecule has 102 valence electrons. The molecule has 0 aliphatic carbocycles. The van der Waals surface area contributed by atoms with Crippen LogP contribution in [0.25, 0.3) is 28.1 Å². The van der Waals surface area contributed by atoms with Gasteiger partial charge in [-0.1, -0.05) is 12.1 Å². The summed E-state index contributed by atoms with van der Waals surface area (Å²) in [4.78, 5) is 15.3. The minimum absolute atomic E-state index is 0.279. The zero-order valence-electron chi connectivity index (χ0n) is 10.7. The second kappa shape index (κ2) is 4.48. The van der Waals surface area contributed by atoms with E-state index in [-0.39, 0.29) is 5.82 Å². The molecule has 3 heterocycles. The Balaban J connectivity index is 1.83. The number of H-pyrrole nitrogens is 1. The lowest BCUT2D eigenvalue weighted by atomic mass is 10.1. The van der Waals surface area contributed by atoms with E-state index in [4.69, 9.17) is 0 Å². The highest BCUT2D eigenvalue weighted by Crippen LogP contribution is 2.21. The van der Waals surface area contributed by atoms with E-state index in [9.17, 15) is 4.39 Å². The molecule has 0 fully saturated rings. The van der Waals surface area contributed by atoms with Crippen LogP contribution < -0.4 is 0 Å². The van der Waals surface area contributed by atoms with Crippen molar-refractivity contribution < 1.29 is 4.39 Å². The summed E-state index contributed by atoms with van der Waals surface area (Å²) in [5.74, 6) is 0.318. The molecule has 0 radical (unpaired) electrons. The first kappa shape index (κ1) is 11.7. The summed E-state index contributed by atoms with van der Waals surface area (Å²) in [5.41, 5.74) is 2.84. The largest absolute Gasteiger partial charge is 0.340 e. The fourth-order valence-corrected chi connectivity index (χ4v) is 2.18. The molecule has 7 heteroatoms. The summed E-state index contributed by atoms with van der Waals surface area (Å²) in [6.45, 7) is 0. The molecule has 0 bridgehead atoms. The van der Waals surface area contributed by atoms with Gasteiger partial charge in [0.25, 0.3) is 0 Å². The molecule has 3 aromatic heterocycles. The number of fused-ring (bicyclic) bond motifs is 1. The van der Waals surface area contributed by atoms with Crippen molar-refractivity contribution in [2.45, 2.75) is 0 Å². The van der Waals surface area contributed by atoms with Gasteiger partial charge in [0.1, 0.15) is 17.7 Å².